The van der Waals surface area contributed by atoms with Gasteiger partial charge in [0.05, 0.1) is 0 Å². The van der Waals surface area contributed by atoms with Crippen LogP contribution in [0.4, 0.5) is 0 Å². The van der Waals surface area contributed by atoms with Crippen LogP contribution in [0.25, 0.3) is 10.9 Å². The molecule has 0 aliphatic rings. The van der Waals surface area contributed by atoms with E-state index in [1.165, 1.54) is 6.20 Å². The number of para-hydroxylation sites is 1. The molecule has 0 saturated heterocycles. The van der Waals surface area contributed by atoms with Gasteiger partial charge in [0.15, 0.2) is 0 Å². The summed E-state index contributed by atoms with van der Waals surface area (Å²) in [4.78, 5) is 0.131. The van der Waals surface area contributed by atoms with E-state index >= 15 is 0 Å². The van der Waals surface area contributed by atoms with Gasteiger partial charge in [-0.25, -0.2) is 8.42 Å². The molecule has 0 atom stereocenters. The number of nitrogens with zero attached hydrogens (tertiary/aromatic N) is 1. The summed E-state index contributed by atoms with van der Waals surface area (Å²) in [6.07, 6.45) is 7.28. The lowest BCUT2D eigenvalue weighted by molar-refractivity contribution is 0.609. The van der Waals surface area contributed by atoms with Gasteiger partial charge in [0.2, 0.25) is 0 Å². The average Bonchev–Trinajstić information content (AvgIpc) is 2.65. The zero-order valence-electron chi connectivity index (χ0n) is 8.93. The molecule has 0 bridgehead atoms. The summed E-state index contributed by atoms with van der Waals surface area (Å²) in [5.41, 5.74) is 0.821. The standard InChI is InChI=1S/C12H10ClNO2S/c1-2-3-8-14-9-12(17(13,15)16)10-6-4-5-7-11(10)14/h1,4-7,9H,3,8H2. The molecule has 0 unspecified atom stereocenters. The highest BCUT2D eigenvalue weighted by atomic mass is 35.7. The SMILES string of the molecule is C#CCCn1cc(S(=O)(=O)Cl)c2ccccc21. The fraction of sp³-hybridized carbons (Fsp3) is 0.167. The highest BCUT2D eigenvalue weighted by Crippen LogP contribution is 2.27. The molecular formula is C12H10ClNO2S. The smallest absolute Gasteiger partial charge is 0.263 e. The minimum absolute atomic E-state index is 0.131. The molecule has 0 aliphatic heterocycles. The van der Waals surface area contributed by atoms with Gasteiger partial charge in [-0.15, -0.1) is 12.3 Å². The number of aromatic nitrogens is 1. The number of rotatable bonds is 3. The Kier molecular flexibility index (Phi) is 3.14. The van der Waals surface area contributed by atoms with Crippen molar-refractivity contribution in [2.45, 2.75) is 17.9 Å². The highest BCUT2D eigenvalue weighted by molar-refractivity contribution is 8.14. The lowest BCUT2D eigenvalue weighted by Crippen LogP contribution is -1.94. The van der Waals surface area contributed by atoms with Crippen molar-refractivity contribution in [2.24, 2.45) is 0 Å². The van der Waals surface area contributed by atoms with E-state index in [4.69, 9.17) is 17.1 Å². The molecule has 88 valence electrons. The number of hydrogen-bond acceptors (Lipinski definition) is 2. The molecule has 1 heterocycles. The van der Waals surface area contributed by atoms with Gasteiger partial charge in [0, 0.05) is 40.7 Å². The monoisotopic (exact) mass is 267 g/mol. The van der Waals surface area contributed by atoms with Crippen molar-refractivity contribution in [3.8, 4) is 12.3 Å². The first kappa shape index (κ1) is 12.0. The number of fused-ring (bicyclic) bond motifs is 1. The van der Waals surface area contributed by atoms with Crippen LogP contribution in [0.5, 0.6) is 0 Å². The summed E-state index contributed by atoms with van der Waals surface area (Å²) in [6.45, 7) is 0.573. The molecule has 1 aromatic heterocycles. The van der Waals surface area contributed by atoms with E-state index in [0.717, 1.165) is 5.52 Å². The predicted octanol–water partition coefficient (Wildman–Crippen LogP) is 2.59. The fourth-order valence-electron chi connectivity index (χ4n) is 1.78. The molecule has 0 fully saturated rings. The van der Waals surface area contributed by atoms with E-state index in [1.807, 2.05) is 16.7 Å². The molecule has 0 amide bonds. The molecule has 0 N–H and O–H groups in total. The Bertz CT molecular complexity index is 695. The first-order valence-corrected chi connectivity index (χ1v) is 7.31. The number of terminal acetylenes is 1. The van der Waals surface area contributed by atoms with Crippen molar-refractivity contribution < 1.29 is 8.42 Å². The Morgan fingerprint density at radius 1 is 1.35 bits per heavy atom. The lowest BCUT2D eigenvalue weighted by atomic mass is 10.2. The van der Waals surface area contributed by atoms with E-state index < -0.39 is 9.05 Å². The van der Waals surface area contributed by atoms with Crippen molar-refractivity contribution in [1.82, 2.24) is 4.57 Å². The number of hydrogen-bond donors (Lipinski definition) is 0. The second-order valence-corrected chi connectivity index (χ2v) is 6.13. The normalized spacial score (nSPS) is 11.5. The van der Waals surface area contributed by atoms with Crippen molar-refractivity contribution in [3.05, 3.63) is 30.5 Å². The van der Waals surface area contributed by atoms with Gasteiger partial charge in [-0.3, -0.25) is 0 Å². The van der Waals surface area contributed by atoms with E-state index in [1.54, 1.807) is 12.1 Å². The lowest BCUT2D eigenvalue weighted by Gasteiger charge is -2.00. The van der Waals surface area contributed by atoms with E-state index in [2.05, 4.69) is 5.92 Å². The van der Waals surface area contributed by atoms with Crippen LogP contribution in [0, 0.1) is 12.3 Å². The van der Waals surface area contributed by atoms with Crippen LogP contribution < -0.4 is 0 Å². The maximum Gasteiger partial charge on any atom is 0.263 e. The Morgan fingerprint density at radius 3 is 2.71 bits per heavy atom. The molecule has 2 rings (SSSR count). The predicted molar refractivity (Wildman–Crippen MR) is 68.4 cm³/mol. The maximum atomic E-state index is 11.4. The van der Waals surface area contributed by atoms with Gasteiger partial charge in [-0.05, 0) is 6.07 Å². The second kappa shape index (κ2) is 4.44. The minimum atomic E-state index is -3.73. The molecule has 0 aliphatic carbocycles. The third-order valence-electron chi connectivity index (χ3n) is 2.51. The third-order valence-corrected chi connectivity index (χ3v) is 3.86. The van der Waals surface area contributed by atoms with Gasteiger partial charge in [-0.1, -0.05) is 18.2 Å². The quantitative estimate of drug-likeness (QED) is 0.633. The van der Waals surface area contributed by atoms with Crippen molar-refractivity contribution in [3.63, 3.8) is 0 Å². The third kappa shape index (κ3) is 2.31. The summed E-state index contributed by atoms with van der Waals surface area (Å²) < 4.78 is 24.7. The highest BCUT2D eigenvalue weighted by Gasteiger charge is 2.17. The second-order valence-electron chi connectivity index (χ2n) is 3.60. The molecule has 0 saturated carbocycles. The van der Waals surface area contributed by atoms with Crippen LogP contribution in [-0.2, 0) is 15.6 Å². The maximum absolute atomic E-state index is 11.4. The van der Waals surface area contributed by atoms with E-state index in [0.29, 0.717) is 18.4 Å². The summed E-state index contributed by atoms with van der Waals surface area (Å²) >= 11 is 0. The van der Waals surface area contributed by atoms with Crippen molar-refractivity contribution in [1.29, 1.82) is 0 Å². The molecular weight excluding hydrogens is 258 g/mol. The zero-order valence-corrected chi connectivity index (χ0v) is 10.5. The van der Waals surface area contributed by atoms with Gasteiger partial charge in [0.25, 0.3) is 9.05 Å². The summed E-state index contributed by atoms with van der Waals surface area (Å²) in [5.74, 6) is 2.53. The molecule has 17 heavy (non-hydrogen) atoms. The fourth-order valence-corrected chi connectivity index (χ4v) is 2.83. The summed E-state index contributed by atoms with van der Waals surface area (Å²) in [7, 11) is 1.67. The molecule has 0 radical (unpaired) electrons. The van der Waals surface area contributed by atoms with Gasteiger partial charge >= 0.3 is 0 Å². The van der Waals surface area contributed by atoms with Gasteiger partial charge in [-0.2, -0.15) is 0 Å². The number of benzene rings is 1. The van der Waals surface area contributed by atoms with Crippen molar-refractivity contribution >= 4 is 30.6 Å². The zero-order chi connectivity index (χ0) is 12.5. The van der Waals surface area contributed by atoms with E-state index in [9.17, 15) is 8.42 Å². The first-order chi connectivity index (χ1) is 8.04. The van der Waals surface area contributed by atoms with Crippen LogP contribution in [0.2, 0.25) is 0 Å². The van der Waals surface area contributed by atoms with Crippen LogP contribution in [0.1, 0.15) is 6.42 Å². The minimum Gasteiger partial charge on any atom is -0.345 e. The van der Waals surface area contributed by atoms with Crippen LogP contribution in [-0.4, -0.2) is 13.0 Å². The number of halogens is 1. The molecule has 2 aromatic rings. The summed E-state index contributed by atoms with van der Waals surface area (Å²) in [5, 5.41) is 0.625. The Morgan fingerprint density at radius 2 is 2.06 bits per heavy atom. The van der Waals surface area contributed by atoms with Gasteiger partial charge in [0.1, 0.15) is 4.90 Å². The topological polar surface area (TPSA) is 39.1 Å². The molecule has 5 heteroatoms. The van der Waals surface area contributed by atoms with Gasteiger partial charge < -0.3 is 4.57 Å². The summed E-state index contributed by atoms with van der Waals surface area (Å²) in [6, 6.07) is 7.20. The van der Waals surface area contributed by atoms with Crippen LogP contribution >= 0.6 is 10.7 Å². The van der Waals surface area contributed by atoms with Crippen molar-refractivity contribution in [2.75, 3.05) is 0 Å². The first-order valence-electron chi connectivity index (χ1n) is 5.00. The Hall–Kier alpha value is -1.44. The molecule has 0 spiro atoms. The largest absolute Gasteiger partial charge is 0.345 e. The van der Waals surface area contributed by atoms with E-state index in [-0.39, 0.29) is 4.90 Å². The van der Waals surface area contributed by atoms with Crippen LogP contribution in [0.3, 0.4) is 0 Å². The Balaban J connectivity index is 2.68. The van der Waals surface area contributed by atoms with Crippen LogP contribution in [0.15, 0.2) is 35.4 Å². The molecule has 3 nitrogen and oxygen atoms in total. The number of aryl methyl sites for hydroxylation is 1. The molecule has 1 aromatic carbocycles. The Labute approximate surface area is 104 Å². The average molecular weight is 268 g/mol.